The van der Waals surface area contributed by atoms with Gasteiger partial charge in [-0.2, -0.15) is 0 Å². The van der Waals surface area contributed by atoms with E-state index in [1.54, 1.807) is 30.3 Å². The van der Waals surface area contributed by atoms with Crippen molar-refractivity contribution >= 4 is 46.3 Å². The molecule has 7 nitrogen and oxygen atoms in total. The molecule has 166 valence electrons. The monoisotopic (exact) mass is 451 g/mol. The molecule has 0 unspecified atom stereocenters. The highest BCUT2D eigenvalue weighted by Crippen LogP contribution is 2.33. The average molecular weight is 452 g/mol. The van der Waals surface area contributed by atoms with Crippen LogP contribution in [0.1, 0.15) is 24.0 Å². The first-order valence-electron chi connectivity index (χ1n) is 10.5. The standard InChI is InChI=1S/C24H25N3O4S/c1-16-13-18(26-11-5-6-12-26)10-9-17(16)14-21-23(29)27(24(30)32-21)15-22(28)25-19-7-3-4-8-20(19)31-2/h3-4,7-10,13-14H,5-6,11-12,15H2,1-2H3,(H,25,28)/b21-14+. The second-order valence-electron chi connectivity index (χ2n) is 7.75. The van der Waals surface area contributed by atoms with Gasteiger partial charge in [0.25, 0.3) is 11.1 Å². The molecule has 0 aromatic heterocycles. The lowest BCUT2D eigenvalue weighted by atomic mass is 10.1. The number of anilines is 2. The Morgan fingerprint density at radius 2 is 1.91 bits per heavy atom. The molecule has 2 heterocycles. The molecule has 2 fully saturated rings. The van der Waals surface area contributed by atoms with Crippen molar-refractivity contribution in [3.63, 3.8) is 0 Å². The van der Waals surface area contributed by atoms with Crippen molar-refractivity contribution in [1.82, 2.24) is 4.90 Å². The summed E-state index contributed by atoms with van der Waals surface area (Å²) in [6.07, 6.45) is 4.14. The van der Waals surface area contributed by atoms with Crippen LogP contribution in [0.15, 0.2) is 47.4 Å². The summed E-state index contributed by atoms with van der Waals surface area (Å²) in [5.74, 6) is -0.426. The molecule has 3 amide bonds. The number of nitrogens with one attached hydrogen (secondary N) is 1. The van der Waals surface area contributed by atoms with E-state index in [2.05, 4.69) is 22.3 Å². The second-order valence-corrected chi connectivity index (χ2v) is 8.74. The van der Waals surface area contributed by atoms with Gasteiger partial charge in [-0.3, -0.25) is 19.3 Å². The molecule has 1 N–H and O–H groups in total. The predicted octanol–water partition coefficient (Wildman–Crippen LogP) is 4.28. The Morgan fingerprint density at radius 1 is 1.16 bits per heavy atom. The highest BCUT2D eigenvalue weighted by Gasteiger charge is 2.36. The molecular formula is C24H25N3O4S. The molecule has 32 heavy (non-hydrogen) atoms. The number of imide groups is 1. The summed E-state index contributed by atoms with van der Waals surface area (Å²) in [5.41, 5.74) is 3.58. The van der Waals surface area contributed by atoms with Gasteiger partial charge in [0.1, 0.15) is 12.3 Å². The lowest BCUT2D eigenvalue weighted by Gasteiger charge is -2.18. The molecule has 8 heteroatoms. The van der Waals surface area contributed by atoms with Crippen LogP contribution in [0.4, 0.5) is 16.2 Å². The molecule has 0 radical (unpaired) electrons. The Balaban J connectivity index is 1.45. The molecule has 0 atom stereocenters. The fourth-order valence-electron chi connectivity index (χ4n) is 3.85. The summed E-state index contributed by atoms with van der Waals surface area (Å²) < 4.78 is 5.22. The Bertz CT molecular complexity index is 1090. The fraction of sp³-hybridized carbons (Fsp3) is 0.292. The Hall–Kier alpha value is -3.26. The van der Waals surface area contributed by atoms with Crippen molar-refractivity contribution < 1.29 is 19.1 Å². The van der Waals surface area contributed by atoms with Crippen LogP contribution in [0, 0.1) is 6.92 Å². The van der Waals surface area contributed by atoms with E-state index in [-0.39, 0.29) is 6.54 Å². The number of rotatable bonds is 6. The van der Waals surface area contributed by atoms with Crippen LogP contribution in [-0.2, 0) is 9.59 Å². The third-order valence-corrected chi connectivity index (χ3v) is 6.47. The maximum Gasteiger partial charge on any atom is 0.294 e. The molecular weight excluding hydrogens is 426 g/mol. The maximum absolute atomic E-state index is 12.8. The smallest absolute Gasteiger partial charge is 0.294 e. The third kappa shape index (κ3) is 4.65. The van der Waals surface area contributed by atoms with Crippen molar-refractivity contribution in [2.24, 2.45) is 0 Å². The second kappa shape index (κ2) is 9.48. The van der Waals surface area contributed by atoms with Gasteiger partial charge in [-0.05, 0) is 73.0 Å². The molecule has 2 saturated heterocycles. The number of hydrogen-bond donors (Lipinski definition) is 1. The van der Waals surface area contributed by atoms with Gasteiger partial charge in [-0.1, -0.05) is 18.2 Å². The maximum atomic E-state index is 12.8. The van der Waals surface area contributed by atoms with Gasteiger partial charge in [-0.25, -0.2) is 0 Å². The summed E-state index contributed by atoms with van der Waals surface area (Å²) in [6, 6.07) is 13.1. The van der Waals surface area contributed by atoms with E-state index in [9.17, 15) is 14.4 Å². The highest BCUT2D eigenvalue weighted by molar-refractivity contribution is 8.18. The lowest BCUT2D eigenvalue weighted by Crippen LogP contribution is -2.36. The molecule has 0 aliphatic carbocycles. The van der Waals surface area contributed by atoms with Gasteiger partial charge < -0.3 is 15.0 Å². The van der Waals surface area contributed by atoms with Crippen molar-refractivity contribution in [2.45, 2.75) is 19.8 Å². The van der Waals surface area contributed by atoms with Gasteiger partial charge in [0.2, 0.25) is 5.91 Å². The first-order chi connectivity index (χ1) is 15.5. The van der Waals surface area contributed by atoms with E-state index < -0.39 is 17.1 Å². The predicted molar refractivity (Wildman–Crippen MR) is 127 cm³/mol. The fourth-order valence-corrected chi connectivity index (χ4v) is 4.68. The van der Waals surface area contributed by atoms with Crippen LogP contribution < -0.4 is 15.0 Å². The summed E-state index contributed by atoms with van der Waals surface area (Å²) >= 11 is 0.854. The number of nitrogens with zero attached hydrogens (tertiary/aromatic N) is 2. The van der Waals surface area contributed by atoms with Crippen LogP contribution in [0.25, 0.3) is 6.08 Å². The molecule has 2 aromatic carbocycles. The summed E-state index contributed by atoms with van der Waals surface area (Å²) in [6.45, 7) is 3.77. The van der Waals surface area contributed by atoms with Crippen molar-refractivity contribution in [1.29, 1.82) is 0 Å². The molecule has 0 saturated carbocycles. The van der Waals surface area contributed by atoms with E-state index in [0.29, 0.717) is 16.3 Å². The number of carbonyl (C=O) groups excluding carboxylic acids is 3. The van der Waals surface area contributed by atoms with Gasteiger partial charge in [-0.15, -0.1) is 0 Å². The number of para-hydroxylation sites is 2. The van der Waals surface area contributed by atoms with Crippen LogP contribution in [-0.4, -0.2) is 48.7 Å². The number of hydrogen-bond acceptors (Lipinski definition) is 6. The van der Waals surface area contributed by atoms with Crippen LogP contribution in [0.2, 0.25) is 0 Å². The Kier molecular flexibility index (Phi) is 6.50. The molecule has 2 aliphatic heterocycles. The summed E-state index contributed by atoms with van der Waals surface area (Å²) in [5, 5.41) is 2.24. The number of amides is 3. The number of benzene rings is 2. The Morgan fingerprint density at radius 3 is 2.62 bits per heavy atom. The zero-order chi connectivity index (χ0) is 22.7. The number of thioether (sulfide) groups is 1. The van der Waals surface area contributed by atoms with Crippen LogP contribution in [0.3, 0.4) is 0 Å². The topological polar surface area (TPSA) is 79.0 Å². The first-order valence-corrected chi connectivity index (χ1v) is 11.3. The Labute approximate surface area is 191 Å². The summed E-state index contributed by atoms with van der Waals surface area (Å²) in [4.78, 5) is 41.3. The minimum atomic E-state index is -0.468. The average Bonchev–Trinajstić information content (AvgIpc) is 3.40. The molecule has 4 rings (SSSR count). The van der Waals surface area contributed by atoms with Crippen molar-refractivity contribution in [3.05, 3.63) is 58.5 Å². The highest BCUT2D eigenvalue weighted by atomic mass is 32.2. The number of methoxy groups -OCH3 is 1. The number of carbonyl (C=O) groups is 3. The van der Waals surface area contributed by atoms with Crippen molar-refractivity contribution in [3.8, 4) is 5.75 Å². The molecule has 2 aliphatic rings. The molecule has 0 bridgehead atoms. The van der Waals surface area contributed by atoms with Gasteiger partial charge in [0, 0.05) is 18.8 Å². The van der Waals surface area contributed by atoms with E-state index in [0.717, 1.165) is 40.9 Å². The van der Waals surface area contributed by atoms with Crippen LogP contribution >= 0.6 is 11.8 Å². The quantitative estimate of drug-likeness (QED) is 0.661. The minimum Gasteiger partial charge on any atom is -0.495 e. The van der Waals surface area contributed by atoms with Gasteiger partial charge in [0.15, 0.2) is 0 Å². The van der Waals surface area contributed by atoms with E-state index in [1.165, 1.54) is 25.6 Å². The normalized spacial score (nSPS) is 17.4. The summed E-state index contributed by atoms with van der Waals surface area (Å²) in [7, 11) is 1.51. The zero-order valence-electron chi connectivity index (χ0n) is 18.1. The zero-order valence-corrected chi connectivity index (χ0v) is 18.9. The van der Waals surface area contributed by atoms with E-state index >= 15 is 0 Å². The lowest BCUT2D eigenvalue weighted by molar-refractivity contribution is -0.127. The van der Waals surface area contributed by atoms with E-state index in [1.807, 2.05) is 13.0 Å². The molecule has 0 spiro atoms. The van der Waals surface area contributed by atoms with Gasteiger partial charge in [0.05, 0.1) is 17.7 Å². The number of ether oxygens (including phenoxy) is 1. The largest absolute Gasteiger partial charge is 0.495 e. The minimum absolute atomic E-state index is 0.317. The first kappa shape index (κ1) is 22.0. The third-order valence-electron chi connectivity index (χ3n) is 5.57. The molecule has 2 aromatic rings. The van der Waals surface area contributed by atoms with Gasteiger partial charge >= 0.3 is 0 Å². The van der Waals surface area contributed by atoms with Crippen molar-refractivity contribution in [2.75, 3.05) is 37.0 Å². The SMILES string of the molecule is COc1ccccc1NC(=O)CN1C(=O)S/C(=C/c2ccc(N3CCCC3)cc2C)C1=O. The van der Waals surface area contributed by atoms with Crippen LogP contribution in [0.5, 0.6) is 5.75 Å². The number of aryl methyl sites for hydroxylation is 1. The van der Waals surface area contributed by atoms with E-state index in [4.69, 9.17) is 4.74 Å².